The van der Waals surface area contributed by atoms with Gasteiger partial charge in [-0.3, -0.25) is 0 Å². The van der Waals surface area contributed by atoms with E-state index in [0.29, 0.717) is 16.0 Å². The van der Waals surface area contributed by atoms with Crippen molar-refractivity contribution in [3.8, 4) is 0 Å². The summed E-state index contributed by atoms with van der Waals surface area (Å²) in [5, 5.41) is 12.3. The Morgan fingerprint density at radius 2 is 1.76 bits per heavy atom. The minimum Gasteiger partial charge on any atom is -0.350 e. The number of nitrogens with zero attached hydrogens (tertiary/aromatic N) is 4. The van der Waals surface area contributed by atoms with E-state index in [0.717, 1.165) is 31.0 Å². The molecule has 0 radical (unpaired) electrons. The maximum Gasteiger partial charge on any atom is 0.249 e. The van der Waals surface area contributed by atoms with Crippen LogP contribution in [0.3, 0.4) is 0 Å². The first kappa shape index (κ1) is 16.1. The van der Waals surface area contributed by atoms with Crippen molar-refractivity contribution in [2.75, 3.05) is 16.8 Å². The molecule has 0 unspecified atom stereocenters. The summed E-state index contributed by atoms with van der Waals surface area (Å²) in [6, 6.07) is 13.7. The van der Waals surface area contributed by atoms with Gasteiger partial charge in [0.05, 0.1) is 6.20 Å². The van der Waals surface area contributed by atoms with Crippen LogP contribution >= 0.6 is 23.2 Å². The van der Waals surface area contributed by atoms with Gasteiger partial charge in [-0.25, -0.2) is 0 Å². The second-order valence-electron chi connectivity index (χ2n) is 5.86. The van der Waals surface area contributed by atoms with E-state index in [4.69, 9.17) is 23.2 Å². The van der Waals surface area contributed by atoms with Crippen LogP contribution in [-0.2, 0) is 13.0 Å². The fourth-order valence-corrected chi connectivity index (χ4v) is 3.47. The van der Waals surface area contributed by atoms with E-state index in [1.54, 1.807) is 24.4 Å². The summed E-state index contributed by atoms with van der Waals surface area (Å²) in [7, 11) is 0. The van der Waals surface area contributed by atoms with Crippen LogP contribution in [0, 0.1) is 0 Å². The molecule has 0 atom stereocenters. The molecule has 0 saturated carbocycles. The number of hydrogen-bond acceptors (Lipinski definition) is 5. The Bertz CT molecular complexity index is 895. The van der Waals surface area contributed by atoms with Gasteiger partial charge in [-0.2, -0.15) is 10.1 Å². The zero-order valence-corrected chi connectivity index (χ0v) is 14.8. The topological polar surface area (TPSA) is 53.9 Å². The van der Waals surface area contributed by atoms with Crippen LogP contribution in [0.25, 0.3) is 0 Å². The van der Waals surface area contributed by atoms with Crippen molar-refractivity contribution >= 4 is 40.7 Å². The third-order valence-corrected chi connectivity index (χ3v) is 4.56. The highest BCUT2D eigenvalue weighted by atomic mass is 35.5. The predicted octanol–water partition coefficient (Wildman–Crippen LogP) is 4.48. The van der Waals surface area contributed by atoms with Crippen molar-refractivity contribution in [3.05, 3.63) is 69.8 Å². The number of halogens is 2. The monoisotopic (exact) mass is 371 g/mol. The molecule has 1 N–H and O–H groups in total. The van der Waals surface area contributed by atoms with Gasteiger partial charge in [-0.1, -0.05) is 47.5 Å². The predicted molar refractivity (Wildman–Crippen MR) is 101 cm³/mol. The Labute approximate surface area is 155 Å². The van der Waals surface area contributed by atoms with Gasteiger partial charge in [-0.15, -0.1) is 5.10 Å². The van der Waals surface area contributed by atoms with E-state index in [9.17, 15) is 0 Å². The maximum atomic E-state index is 6.03. The molecule has 0 amide bonds. The molecule has 0 bridgehead atoms. The molecule has 7 heteroatoms. The Morgan fingerprint density at radius 3 is 2.56 bits per heavy atom. The summed E-state index contributed by atoms with van der Waals surface area (Å²) < 4.78 is 0. The zero-order valence-electron chi connectivity index (χ0n) is 13.3. The van der Waals surface area contributed by atoms with Crippen LogP contribution in [0.15, 0.2) is 48.7 Å². The Balaban J connectivity index is 1.56. The molecule has 0 aliphatic carbocycles. The molecule has 25 heavy (non-hydrogen) atoms. The molecule has 2 aromatic carbocycles. The second kappa shape index (κ2) is 6.86. The molecule has 0 fully saturated rings. The first-order valence-corrected chi connectivity index (χ1v) is 8.67. The molecule has 5 nitrogen and oxygen atoms in total. The molecule has 1 aliphatic rings. The summed E-state index contributed by atoms with van der Waals surface area (Å²) in [6.07, 6.45) is 2.68. The van der Waals surface area contributed by atoms with Crippen molar-refractivity contribution in [1.29, 1.82) is 0 Å². The molecule has 126 valence electrons. The normalized spacial score (nSPS) is 13.4. The van der Waals surface area contributed by atoms with E-state index in [1.165, 1.54) is 11.1 Å². The summed E-state index contributed by atoms with van der Waals surface area (Å²) in [5.74, 6) is 1.20. The molecule has 0 saturated heterocycles. The summed E-state index contributed by atoms with van der Waals surface area (Å²) >= 11 is 12.1. The number of hydrogen-bond donors (Lipinski definition) is 1. The van der Waals surface area contributed by atoms with Gasteiger partial charge in [0.25, 0.3) is 0 Å². The first-order chi connectivity index (χ1) is 12.2. The van der Waals surface area contributed by atoms with Crippen LogP contribution in [0.4, 0.5) is 17.5 Å². The Morgan fingerprint density at radius 1 is 1.00 bits per heavy atom. The van der Waals surface area contributed by atoms with Crippen molar-refractivity contribution in [1.82, 2.24) is 15.2 Å². The van der Waals surface area contributed by atoms with Crippen molar-refractivity contribution in [3.63, 3.8) is 0 Å². The second-order valence-corrected chi connectivity index (χ2v) is 6.73. The summed E-state index contributed by atoms with van der Waals surface area (Å²) in [5.41, 5.74) is 3.44. The van der Waals surface area contributed by atoms with Gasteiger partial charge in [-0.05, 0) is 35.7 Å². The number of anilines is 3. The third kappa shape index (κ3) is 3.67. The number of nitrogens with one attached hydrogen (secondary N) is 1. The summed E-state index contributed by atoms with van der Waals surface area (Å²) in [4.78, 5) is 6.78. The largest absolute Gasteiger partial charge is 0.350 e. The first-order valence-electron chi connectivity index (χ1n) is 7.92. The van der Waals surface area contributed by atoms with Gasteiger partial charge < -0.3 is 10.2 Å². The number of benzene rings is 2. The molecular weight excluding hydrogens is 357 g/mol. The molecule has 1 aromatic heterocycles. The Hall–Kier alpha value is -2.37. The van der Waals surface area contributed by atoms with Gasteiger partial charge >= 0.3 is 0 Å². The van der Waals surface area contributed by atoms with E-state index < -0.39 is 0 Å². The minimum absolute atomic E-state index is 0.412. The van der Waals surface area contributed by atoms with Gasteiger partial charge in [0.1, 0.15) is 0 Å². The summed E-state index contributed by atoms with van der Waals surface area (Å²) in [6.45, 7) is 1.72. The van der Waals surface area contributed by atoms with Crippen LogP contribution in [-0.4, -0.2) is 21.7 Å². The van der Waals surface area contributed by atoms with E-state index in [2.05, 4.69) is 49.7 Å². The lowest BCUT2D eigenvalue weighted by molar-refractivity contribution is 0.715. The van der Waals surface area contributed by atoms with Crippen LogP contribution in [0.2, 0.25) is 10.0 Å². The molecule has 3 aromatic rings. The average molecular weight is 372 g/mol. The fraction of sp³-hybridized carbons (Fsp3) is 0.167. The minimum atomic E-state index is 0.412. The number of aromatic nitrogens is 3. The van der Waals surface area contributed by atoms with E-state index in [-0.39, 0.29) is 0 Å². The quantitative estimate of drug-likeness (QED) is 0.735. The van der Waals surface area contributed by atoms with Crippen LogP contribution in [0.5, 0.6) is 0 Å². The fourth-order valence-electron chi connectivity index (χ4n) is 2.95. The van der Waals surface area contributed by atoms with Crippen molar-refractivity contribution in [2.45, 2.75) is 13.0 Å². The number of fused-ring (bicyclic) bond motifs is 1. The lowest BCUT2D eigenvalue weighted by Crippen LogP contribution is -2.31. The average Bonchev–Trinajstić information content (AvgIpc) is 2.61. The highest BCUT2D eigenvalue weighted by Gasteiger charge is 2.18. The third-order valence-electron chi connectivity index (χ3n) is 4.12. The highest BCUT2D eigenvalue weighted by Crippen LogP contribution is 2.26. The lowest BCUT2D eigenvalue weighted by Gasteiger charge is -2.29. The molecule has 4 rings (SSSR count). The maximum absolute atomic E-state index is 6.03. The van der Waals surface area contributed by atoms with Crippen molar-refractivity contribution < 1.29 is 0 Å². The zero-order chi connectivity index (χ0) is 17.2. The molecule has 0 spiro atoms. The van der Waals surface area contributed by atoms with Gasteiger partial charge in [0.2, 0.25) is 5.95 Å². The SMILES string of the molecule is Clc1cc(Cl)cc(Nc2nncc(N3CCc4ccccc4C3)n2)c1. The highest BCUT2D eigenvalue weighted by molar-refractivity contribution is 6.35. The van der Waals surface area contributed by atoms with Gasteiger partial charge in [0.15, 0.2) is 5.82 Å². The van der Waals surface area contributed by atoms with E-state index in [1.807, 2.05) is 0 Å². The van der Waals surface area contributed by atoms with E-state index >= 15 is 0 Å². The molecule has 2 heterocycles. The van der Waals surface area contributed by atoms with Crippen molar-refractivity contribution in [2.24, 2.45) is 0 Å². The van der Waals surface area contributed by atoms with Gasteiger partial charge in [0, 0.05) is 28.8 Å². The Kier molecular flexibility index (Phi) is 4.42. The molecular formula is C18H15Cl2N5. The van der Waals surface area contributed by atoms with Crippen LogP contribution < -0.4 is 10.2 Å². The number of rotatable bonds is 3. The lowest BCUT2D eigenvalue weighted by atomic mass is 10.0. The van der Waals surface area contributed by atoms with Crippen LogP contribution in [0.1, 0.15) is 11.1 Å². The standard InChI is InChI=1S/C18H15Cl2N5/c19-14-7-15(20)9-16(8-14)22-18-23-17(10-21-24-18)25-6-5-12-3-1-2-4-13(12)11-25/h1-4,7-10H,5-6,11H2,(H,22,23,24). The molecule has 1 aliphatic heterocycles. The smallest absolute Gasteiger partial charge is 0.249 e.